The number of halogens is 1. The fourth-order valence-electron chi connectivity index (χ4n) is 5.15. The highest BCUT2D eigenvalue weighted by molar-refractivity contribution is 6.31. The molecular weight excluding hydrogens is 498 g/mol. The highest BCUT2D eigenvalue weighted by Crippen LogP contribution is 2.31. The standard InChI is InChI=1S/C30H38ClN5O2/c1-7-9-10-24(31)13-19(3)26(8-2)22-14-23-17-35(12-11-27(23)32-16-22)30-21(5)20(4)29-33-25(18-38-6)15-28(37)36(29)34-30/h8,10,13-16,30,34H,7,9,11-12,17-18H2,1-6H3/b19-13-,24-10-,26-8+. The van der Waals surface area contributed by atoms with Crippen LogP contribution < -0.4 is 11.0 Å². The number of nitrogens with zero attached hydrogens (tertiary/aromatic N) is 4. The summed E-state index contributed by atoms with van der Waals surface area (Å²) in [5.41, 5.74) is 11.7. The number of pyridine rings is 1. The van der Waals surface area contributed by atoms with E-state index in [-0.39, 0.29) is 11.7 Å². The Labute approximate surface area is 230 Å². The van der Waals surface area contributed by atoms with Gasteiger partial charge in [-0.25, -0.2) is 9.66 Å². The van der Waals surface area contributed by atoms with Gasteiger partial charge in [0.15, 0.2) is 5.82 Å². The number of hydrogen-bond donors (Lipinski definition) is 1. The predicted molar refractivity (Wildman–Crippen MR) is 155 cm³/mol. The highest BCUT2D eigenvalue weighted by atomic mass is 35.5. The molecule has 0 aromatic carbocycles. The molecule has 1 atom stereocenters. The molecular formula is C30H38ClN5O2. The first-order valence-electron chi connectivity index (χ1n) is 13.3. The molecule has 7 nitrogen and oxygen atoms in total. The van der Waals surface area contributed by atoms with Crippen LogP contribution in [-0.2, 0) is 24.3 Å². The molecule has 38 heavy (non-hydrogen) atoms. The van der Waals surface area contributed by atoms with Crippen LogP contribution in [-0.4, -0.2) is 39.4 Å². The lowest BCUT2D eigenvalue weighted by Gasteiger charge is -2.40. The van der Waals surface area contributed by atoms with E-state index in [1.807, 2.05) is 26.1 Å². The maximum absolute atomic E-state index is 12.9. The van der Waals surface area contributed by atoms with Crippen LogP contribution in [0.15, 0.2) is 57.5 Å². The van der Waals surface area contributed by atoms with Gasteiger partial charge in [0.2, 0.25) is 0 Å². The minimum Gasteiger partial charge on any atom is -0.378 e. The summed E-state index contributed by atoms with van der Waals surface area (Å²) in [6.45, 7) is 12.3. The van der Waals surface area contributed by atoms with Crippen LogP contribution in [0.1, 0.15) is 75.8 Å². The van der Waals surface area contributed by atoms with Crippen LogP contribution in [0, 0.1) is 0 Å². The molecule has 2 aliphatic rings. The average Bonchev–Trinajstić information content (AvgIpc) is 2.90. The van der Waals surface area contributed by atoms with Crippen molar-refractivity contribution in [3.63, 3.8) is 0 Å². The largest absolute Gasteiger partial charge is 0.378 e. The van der Waals surface area contributed by atoms with Crippen LogP contribution in [0.2, 0.25) is 0 Å². The Morgan fingerprint density at radius 3 is 2.82 bits per heavy atom. The second-order valence-electron chi connectivity index (χ2n) is 9.98. The summed E-state index contributed by atoms with van der Waals surface area (Å²) < 4.78 is 6.76. The predicted octanol–water partition coefficient (Wildman–Crippen LogP) is 5.79. The van der Waals surface area contributed by atoms with Gasteiger partial charge in [0.25, 0.3) is 5.56 Å². The van der Waals surface area contributed by atoms with Crippen molar-refractivity contribution in [3.8, 4) is 0 Å². The molecule has 8 heteroatoms. The van der Waals surface area contributed by atoms with Crippen LogP contribution in [0.4, 0.5) is 0 Å². The van der Waals surface area contributed by atoms with Gasteiger partial charge in [-0.05, 0) is 74.1 Å². The normalized spacial score (nSPS) is 18.8. The van der Waals surface area contributed by atoms with Gasteiger partial charge in [0.05, 0.1) is 12.3 Å². The van der Waals surface area contributed by atoms with E-state index in [9.17, 15) is 4.79 Å². The Kier molecular flexibility index (Phi) is 9.03. The molecule has 1 N–H and O–H groups in total. The van der Waals surface area contributed by atoms with Gasteiger partial charge in [0, 0.05) is 55.2 Å². The minimum absolute atomic E-state index is 0.114. The van der Waals surface area contributed by atoms with Crippen LogP contribution in [0.25, 0.3) is 11.1 Å². The number of ether oxygens (including phenoxy) is 1. The van der Waals surface area contributed by atoms with E-state index in [1.165, 1.54) is 11.6 Å². The van der Waals surface area contributed by atoms with E-state index in [4.69, 9.17) is 21.3 Å². The molecule has 0 radical (unpaired) electrons. The molecule has 0 saturated heterocycles. The van der Waals surface area contributed by atoms with Gasteiger partial charge >= 0.3 is 0 Å². The number of fused-ring (bicyclic) bond motifs is 2. The second-order valence-corrected chi connectivity index (χ2v) is 10.4. The molecule has 0 amide bonds. The summed E-state index contributed by atoms with van der Waals surface area (Å²) in [5.74, 6) is 0.645. The number of allylic oxidation sites excluding steroid dienone is 7. The van der Waals surface area contributed by atoms with Gasteiger partial charge in [-0.15, -0.1) is 0 Å². The van der Waals surface area contributed by atoms with E-state index >= 15 is 0 Å². The molecule has 0 fully saturated rings. The zero-order valence-corrected chi connectivity index (χ0v) is 24.0. The minimum atomic E-state index is -0.133. The van der Waals surface area contributed by atoms with E-state index < -0.39 is 0 Å². The number of hydrogen-bond acceptors (Lipinski definition) is 6. The lowest BCUT2D eigenvalue weighted by Crippen LogP contribution is -2.52. The fourth-order valence-corrected chi connectivity index (χ4v) is 5.42. The summed E-state index contributed by atoms with van der Waals surface area (Å²) in [7, 11) is 1.60. The van der Waals surface area contributed by atoms with Crippen LogP contribution >= 0.6 is 11.6 Å². The summed E-state index contributed by atoms with van der Waals surface area (Å²) in [5, 5.41) is 0.765. The van der Waals surface area contributed by atoms with Crippen molar-refractivity contribution in [1.82, 2.24) is 19.5 Å². The third-order valence-electron chi connectivity index (χ3n) is 7.29. The zero-order chi connectivity index (χ0) is 27.4. The number of aromatic nitrogens is 3. The first-order chi connectivity index (χ1) is 18.3. The third-order valence-corrected chi connectivity index (χ3v) is 7.56. The second kappa shape index (κ2) is 12.2. The van der Waals surface area contributed by atoms with Gasteiger partial charge in [-0.1, -0.05) is 37.1 Å². The van der Waals surface area contributed by atoms with Crippen LogP contribution in [0.5, 0.6) is 0 Å². The molecule has 0 spiro atoms. The van der Waals surface area contributed by atoms with Crippen molar-refractivity contribution < 1.29 is 4.74 Å². The highest BCUT2D eigenvalue weighted by Gasteiger charge is 2.31. The Bertz CT molecular complexity index is 1390. The molecule has 0 aliphatic carbocycles. The first kappa shape index (κ1) is 28.0. The van der Waals surface area contributed by atoms with Crippen molar-refractivity contribution >= 4 is 22.7 Å². The van der Waals surface area contributed by atoms with Gasteiger partial charge in [-0.3, -0.25) is 20.1 Å². The lowest BCUT2D eigenvalue weighted by molar-refractivity contribution is 0.180. The molecule has 202 valence electrons. The van der Waals surface area contributed by atoms with Crippen molar-refractivity contribution in [2.45, 2.75) is 73.2 Å². The Morgan fingerprint density at radius 2 is 2.11 bits per heavy atom. The van der Waals surface area contributed by atoms with Crippen LogP contribution in [0.3, 0.4) is 0 Å². The van der Waals surface area contributed by atoms with Crippen molar-refractivity contribution in [2.75, 3.05) is 19.1 Å². The van der Waals surface area contributed by atoms with Crippen molar-refractivity contribution in [3.05, 3.63) is 91.4 Å². The number of nitrogens with one attached hydrogen (secondary N) is 1. The maximum Gasteiger partial charge on any atom is 0.272 e. The Morgan fingerprint density at radius 1 is 1.32 bits per heavy atom. The zero-order valence-electron chi connectivity index (χ0n) is 23.3. The third kappa shape index (κ3) is 5.85. The van der Waals surface area contributed by atoms with Crippen molar-refractivity contribution in [2.24, 2.45) is 0 Å². The molecule has 2 aliphatic heterocycles. The molecule has 1 unspecified atom stereocenters. The van der Waals surface area contributed by atoms with Gasteiger partial charge in [0.1, 0.15) is 6.17 Å². The summed E-state index contributed by atoms with van der Waals surface area (Å²) in [6.07, 6.45) is 10.9. The van der Waals surface area contributed by atoms with E-state index in [2.05, 4.69) is 54.3 Å². The number of unbranched alkanes of at least 4 members (excludes halogenated alkanes) is 1. The number of methoxy groups -OCH3 is 1. The van der Waals surface area contributed by atoms with Gasteiger partial charge < -0.3 is 4.74 Å². The molecule has 4 heterocycles. The topological polar surface area (TPSA) is 72.3 Å². The van der Waals surface area contributed by atoms with E-state index in [0.717, 1.165) is 70.9 Å². The number of rotatable bonds is 8. The summed E-state index contributed by atoms with van der Waals surface area (Å²) >= 11 is 6.45. The Hall–Kier alpha value is -3.00. The smallest absolute Gasteiger partial charge is 0.272 e. The molecule has 0 saturated carbocycles. The molecule has 2 aromatic heterocycles. The average molecular weight is 536 g/mol. The summed E-state index contributed by atoms with van der Waals surface area (Å²) in [4.78, 5) is 24.8. The van der Waals surface area contributed by atoms with E-state index in [0.29, 0.717) is 18.1 Å². The quantitative estimate of drug-likeness (QED) is 0.431. The summed E-state index contributed by atoms with van der Waals surface area (Å²) in [6, 6.07) is 3.78. The maximum atomic E-state index is 12.9. The molecule has 2 aromatic rings. The molecule has 0 bridgehead atoms. The Balaban J connectivity index is 1.60. The van der Waals surface area contributed by atoms with Crippen molar-refractivity contribution in [1.29, 1.82) is 0 Å². The fraction of sp³-hybridized carbons (Fsp3) is 0.433. The first-order valence-corrected chi connectivity index (χ1v) is 13.6. The lowest BCUT2D eigenvalue weighted by atomic mass is 9.95. The molecule has 4 rings (SSSR count). The van der Waals surface area contributed by atoms with Gasteiger partial charge in [-0.2, -0.15) is 0 Å². The SMILES string of the molecule is C\C=C(/C(C)=C\C(Cl)=C\CCC)c1cnc2c(c1)CN(C1Nn3c(nc(COC)cc3=O)C(C)=C1C)CC2. The monoisotopic (exact) mass is 535 g/mol. The van der Waals surface area contributed by atoms with E-state index in [1.54, 1.807) is 11.8 Å².